The van der Waals surface area contributed by atoms with Crippen LogP contribution in [0.3, 0.4) is 0 Å². The number of fused-ring (bicyclic) bond motifs is 1. The van der Waals surface area contributed by atoms with E-state index in [9.17, 15) is 14.4 Å². The molecule has 0 radical (unpaired) electrons. The van der Waals surface area contributed by atoms with Gasteiger partial charge < -0.3 is 20.1 Å². The molecule has 0 saturated carbocycles. The lowest BCUT2D eigenvalue weighted by molar-refractivity contribution is -0.118. The van der Waals surface area contributed by atoms with Crippen molar-refractivity contribution in [3.05, 3.63) is 52.0 Å². The van der Waals surface area contributed by atoms with E-state index in [2.05, 4.69) is 26.6 Å². The van der Waals surface area contributed by atoms with Crippen molar-refractivity contribution in [1.29, 1.82) is 0 Å². The SMILES string of the molecule is CCOC(=O)c1c(NC(C)=O)sc2c(OCC(=O)Nc3cccc(Br)c3)c(C)ccc12. The summed E-state index contributed by atoms with van der Waals surface area (Å²) in [5.41, 5.74) is 1.72. The molecule has 162 valence electrons. The Morgan fingerprint density at radius 2 is 1.90 bits per heavy atom. The minimum Gasteiger partial charge on any atom is -0.482 e. The van der Waals surface area contributed by atoms with Crippen LogP contribution in [0.25, 0.3) is 10.1 Å². The summed E-state index contributed by atoms with van der Waals surface area (Å²) < 4.78 is 12.5. The molecule has 0 saturated heterocycles. The Labute approximate surface area is 191 Å². The van der Waals surface area contributed by atoms with Gasteiger partial charge in [-0.05, 0) is 37.6 Å². The zero-order valence-electron chi connectivity index (χ0n) is 17.2. The number of carbonyl (C=O) groups excluding carboxylic acids is 3. The number of benzene rings is 2. The Morgan fingerprint density at radius 3 is 2.58 bits per heavy atom. The molecule has 0 aliphatic rings. The molecule has 1 heterocycles. The number of anilines is 2. The van der Waals surface area contributed by atoms with E-state index in [1.807, 2.05) is 19.1 Å². The molecule has 0 atom stereocenters. The third-order valence-corrected chi connectivity index (χ3v) is 5.85. The lowest BCUT2D eigenvalue weighted by Gasteiger charge is -2.11. The molecule has 2 aromatic carbocycles. The number of ether oxygens (including phenoxy) is 2. The normalized spacial score (nSPS) is 10.6. The van der Waals surface area contributed by atoms with Crippen LogP contribution in [0.1, 0.15) is 29.8 Å². The second kappa shape index (κ2) is 9.93. The third kappa shape index (κ3) is 5.42. The highest BCUT2D eigenvalue weighted by atomic mass is 79.9. The molecule has 2 N–H and O–H groups in total. The summed E-state index contributed by atoms with van der Waals surface area (Å²) in [4.78, 5) is 36.6. The van der Waals surface area contributed by atoms with Crippen LogP contribution in [0.4, 0.5) is 10.7 Å². The van der Waals surface area contributed by atoms with Crippen LogP contribution < -0.4 is 15.4 Å². The number of hydrogen-bond acceptors (Lipinski definition) is 6. The maximum absolute atomic E-state index is 12.5. The van der Waals surface area contributed by atoms with Gasteiger partial charge in [0.2, 0.25) is 5.91 Å². The summed E-state index contributed by atoms with van der Waals surface area (Å²) in [5, 5.41) is 6.45. The first kappa shape index (κ1) is 22.8. The summed E-state index contributed by atoms with van der Waals surface area (Å²) in [6, 6.07) is 10.8. The van der Waals surface area contributed by atoms with Gasteiger partial charge in [-0.2, -0.15) is 0 Å². The fourth-order valence-corrected chi connectivity index (χ4v) is 4.66. The molecule has 2 amide bonds. The number of aryl methyl sites for hydroxylation is 1. The quantitative estimate of drug-likeness (QED) is 0.435. The van der Waals surface area contributed by atoms with Crippen molar-refractivity contribution in [3.8, 4) is 5.75 Å². The van der Waals surface area contributed by atoms with Crippen molar-refractivity contribution in [2.24, 2.45) is 0 Å². The molecular formula is C22H21BrN2O5S. The monoisotopic (exact) mass is 504 g/mol. The summed E-state index contributed by atoms with van der Waals surface area (Å²) >= 11 is 4.57. The van der Waals surface area contributed by atoms with Gasteiger partial charge in [0.1, 0.15) is 16.3 Å². The lowest BCUT2D eigenvalue weighted by atomic mass is 10.1. The van der Waals surface area contributed by atoms with Gasteiger partial charge in [-0.1, -0.05) is 34.1 Å². The zero-order chi connectivity index (χ0) is 22.5. The second-order valence-electron chi connectivity index (χ2n) is 6.64. The van der Waals surface area contributed by atoms with Crippen LogP contribution >= 0.6 is 27.3 Å². The summed E-state index contributed by atoms with van der Waals surface area (Å²) in [6.45, 7) is 4.93. The van der Waals surface area contributed by atoms with Crippen molar-refractivity contribution in [2.45, 2.75) is 20.8 Å². The first-order chi connectivity index (χ1) is 14.8. The molecule has 3 rings (SSSR count). The van der Waals surface area contributed by atoms with E-state index in [0.717, 1.165) is 10.0 Å². The van der Waals surface area contributed by atoms with Crippen molar-refractivity contribution >= 4 is 65.8 Å². The molecule has 3 aromatic rings. The van der Waals surface area contributed by atoms with Crippen LogP contribution in [0.15, 0.2) is 40.9 Å². The first-order valence-corrected chi connectivity index (χ1v) is 11.1. The topological polar surface area (TPSA) is 93.7 Å². The Kier molecular flexibility index (Phi) is 7.29. The fourth-order valence-electron chi connectivity index (χ4n) is 2.97. The maximum atomic E-state index is 12.5. The number of halogens is 1. The first-order valence-electron chi connectivity index (χ1n) is 9.49. The highest BCUT2D eigenvalue weighted by molar-refractivity contribution is 9.10. The second-order valence-corrected chi connectivity index (χ2v) is 8.58. The minimum atomic E-state index is -0.528. The lowest BCUT2D eigenvalue weighted by Crippen LogP contribution is -2.20. The van der Waals surface area contributed by atoms with Gasteiger partial charge >= 0.3 is 5.97 Å². The molecule has 31 heavy (non-hydrogen) atoms. The van der Waals surface area contributed by atoms with Crippen LogP contribution in [0.5, 0.6) is 5.75 Å². The van der Waals surface area contributed by atoms with E-state index in [0.29, 0.717) is 26.5 Å². The Hall–Kier alpha value is -2.91. The van der Waals surface area contributed by atoms with Gasteiger partial charge in [0.05, 0.1) is 11.3 Å². The van der Waals surface area contributed by atoms with Crippen molar-refractivity contribution in [3.63, 3.8) is 0 Å². The largest absolute Gasteiger partial charge is 0.482 e. The average molecular weight is 505 g/mol. The van der Waals surface area contributed by atoms with Crippen molar-refractivity contribution in [2.75, 3.05) is 23.8 Å². The van der Waals surface area contributed by atoms with Crippen molar-refractivity contribution < 1.29 is 23.9 Å². The number of amides is 2. The van der Waals surface area contributed by atoms with Gasteiger partial charge in [-0.25, -0.2) is 4.79 Å². The molecule has 0 spiro atoms. The Morgan fingerprint density at radius 1 is 1.13 bits per heavy atom. The van der Waals surface area contributed by atoms with Crippen molar-refractivity contribution in [1.82, 2.24) is 0 Å². The predicted octanol–water partition coefficient (Wildman–Crippen LogP) is 5.12. The van der Waals surface area contributed by atoms with Crippen LogP contribution in [-0.4, -0.2) is 31.0 Å². The van der Waals surface area contributed by atoms with E-state index in [4.69, 9.17) is 9.47 Å². The number of thiophene rings is 1. The number of esters is 1. The molecule has 0 unspecified atom stereocenters. The molecule has 0 fully saturated rings. The van der Waals surface area contributed by atoms with Gasteiger partial charge in [0.15, 0.2) is 6.61 Å². The van der Waals surface area contributed by atoms with Gasteiger partial charge in [0, 0.05) is 22.5 Å². The van der Waals surface area contributed by atoms with Gasteiger partial charge in [0.25, 0.3) is 5.91 Å². The van der Waals surface area contributed by atoms with Crippen LogP contribution in [-0.2, 0) is 14.3 Å². The zero-order valence-corrected chi connectivity index (χ0v) is 19.6. The highest BCUT2D eigenvalue weighted by Crippen LogP contribution is 2.42. The summed E-state index contributed by atoms with van der Waals surface area (Å²) in [6.07, 6.45) is 0. The molecular weight excluding hydrogens is 484 g/mol. The molecule has 0 aliphatic carbocycles. The van der Waals surface area contributed by atoms with Crippen LogP contribution in [0.2, 0.25) is 0 Å². The standard InChI is InChI=1S/C22H21BrN2O5S/c1-4-29-22(28)18-16-9-8-12(2)19(20(16)31-21(18)24-13(3)26)30-11-17(27)25-15-7-5-6-14(23)10-15/h5-10H,4,11H2,1-3H3,(H,24,26)(H,25,27). The molecule has 0 bridgehead atoms. The maximum Gasteiger partial charge on any atom is 0.341 e. The smallest absolute Gasteiger partial charge is 0.341 e. The van der Waals surface area contributed by atoms with E-state index in [1.54, 1.807) is 31.2 Å². The molecule has 0 aliphatic heterocycles. The molecule has 7 nitrogen and oxygen atoms in total. The average Bonchev–Trinajstić information content (AvgIpc) is 3.04. The van der Waals surface area contributed by atoms with E-state index in [-0.39, 0.29) is 30.6 Å². The van der Waals surface area contributed by atoms with E-state index < -0.39 is 5.97 Å². The molecule has 1 aromatic heterocycles. The van der Waals surface area contributed by atoms with E-state index in [1.165, 1.54) is 18.3 Å². The van der Waals surface area contributed by atoms with Gasteiger partial charge in [-0.3, -0.25) is 9.59 Å². The number of carbonyl (C=O) groups is 3. The van der Waals surface area contributed by atoms with Crippen LogP contribution in [0, 0.1) is 6.92 Å². The number of hydrogen-bond donors (Lipinski definition) is 2. The minimum absolute atomic E-state index is 0.209. The number of nitrogens with one attached hydrogen (secondary N) is 2. The Bertz CT molecular complexity index is 1160. The van der Waals surface area contributed by atoms with E-state index >= 15 is 0 Å². The van der Waals surface area contributed by atoms with Gasteiger partial charge in [-0.15, -0.1) is 11.3 Å². The number of rotatable bonds is 7. The fraction of sp³-hybridized carbons (Fsp3) is 0.227. The third-order valence-electron chi connectivity index (χ3n) is 4.23. The Balaban J connectivity index is 1.91. The highest BCUT2D eigenvalue weighted by Gasteiger charge is 2.24. The predicted molar refractivity (Wildman–Crippen MR) is 125 cm³/mol. The summed E-state index contributed by atoms with van der Waals surface area (Å²) in [5.74, 6) is -0.669. The summed E-state index contributed by atoms with van der Waals surface area (Å²) in [7, 11) is 0. The molecule has 9 heteroatoms.